The summed E-state index contributed by atoms with van der Waals surface area (Å²) in [5, 5.41) is 0. The summed E-state index contributed by atoms with van der Waals surface area (Å²) in [6.07, 6.45) is 3.48. The first-order chi connectivity index (χ1) is 4.33. The molecule has 1 aromatic heterocycles. The molecule has 1 heterocycles. The molecule has 1 rings (SSSR count). The number of rotatable bonds is 1. The summed E-state index contributed by atoms with van der Waals surface area (Å²) in [4.78, 5) is 3.93. The third kappa shape index (κ3) is 1.42. The normalized spacial score (nSPS) is 9.11. The van der Waals surface area contributed by atoms with Crippen LogP contribution in [0.4, 0.5) is 0 Å². The van der Waals surface area contributed by atoms with E-state index in [0.717, 1.165) is 11.3 Å². The topological polar surface area (TPSA) is 22.1 Å². The van der Waals surface area contributed by atoms with Crippen molar-refractivity contribution in [3.05, 3.63) is 24.0 Å². The van der Waals surface area contributed by atoms with Crippen molar-refractivity contribution in [3.63, 3.8) is 0 Å². The van der Waals surface area contributed by atoms with Crippen molar-refractivity contribution in [2.45, 2.75) is 6.92 Å². The summed E-state index contributed by atoms with van der Waals surface area (Å²) in [6, 6.07) is 1.94. The monoisotopic (exact) mass is 123 g/mol. The Morgan fingerprint density at radius 3 is 2.67 bits per heavy atom. The molecule has 0 radical (unpaired) electrons. The first kappa shape index (κ1) is 6.08. The molecule has 0 unspecified atom stereocenters. The van der Waals surface area contributed by atoms with Crippen LogP contribution in [0, 0.1) is 6.92 Å². The van der Waals surface area contributed by atoms with Gasteiger partial charge in [-0.15, -0.1) is 0 Å². The molecule has 0 atom stereocenters. The molecule has 0 saturated carbocycles. The molecule has 0 bridgehead atoms. The molecule has 0 aromatic carbocycles. The maximum Gasteiger partial charge on any atom is 0.137 e. The van der Waals surface area contributed by atoms with E-state index in [4.69, 9.17) is 4.74 Å². The van der Waals surface area contributed by atoms with E-state index in [2.05, 4.69) is 4.98 Å². The standard InChI is InChI=1S/C7H9NO/c1-6-3-7(9-2)5-8-4-6/h3-5H,1-2H3. The number of ether oxygens (including phenoxy) is 1. The third-order valence-electron chi connectivity index (χ3n) is 1.09. The van der Waals surface area contributed by atoms with Crippen LogP contribution in [0.25, 0.3) is 0 Å². The van der Waals surface area contributed by atoms with Crippen molar-refractivity contribution in [1.82, 2.24) is 4.98 Å². The second-order valence-electron chi connectivity index (χ2n) is 1.90. The van der Waals surface area contributed by atoms with Crippen LogP contribution in [0.1, 0.15) is 5.56 Å². The van der Waals surface area contributed by atoms with E-state index in [1.54, 1.807) is 19.5 Å². The van der Waals surface area contributed by atoms with Gasteiger partial charge in [-0.1, -0.05) is 0 Å². The summed E-state index contributed by atoms with van der Waals surface area (Å²) in [7, 11) is 1.64. The molecule has 0 spiro atoms. The lowest BCUT2D eigenvalue weighted by Crippen LogP contribution is -1.84. The highest BCUT2D eigenvalue weighted by atomic mass is 16.5. The maximum atomic E-state index is 4.93. The van der Waals surface area contributed by atoms with Gasteiger partial charge in [0.2, 0.25) is 0 Å². The number of aromatic nitrogens is 1. The van der Waals surface area contributed by atoms with Gasteiger partial charge in [0.15, 0.2) is 0 Å². The van der Waals surface area contributed by atoms with Crippen LogP contribution in [-0.4, -0.2) is 12.1 Å². The lowest BCUT2D eigenvalue weighted by molar-refractivity contribution is 0.412. The van der Waals surface area contributed by atoms with Gasteiger partial charge in [-0.2, -0.15) is 0 Å². The first-order valence-electron chi connectivity index (χ1n) is 2.78. The highest BCUT2D eigenvalue weighted by Gasteiger charge is 1.88. The maximum absolute atomic E-state index is 4.93. The van der Waals surface area contributed by atoms with E-state index in [0.29, 0.717) is 0 Å². The molecule has 9 heavy (non-hydrogen) atoms. The van der Waals surface area contributed by atoms with Gasteiger partial charge in [0.1, 0.15) is 5.75 Å². The average Bonchev–Trinajstić information content (AvgIpc) is 1.88. The molecular weight excluding hydrogens is 114 g/mol. The first-order valence-corrected chi connectivity index (χ1v) is 2.78. The van der Waals surface area contributed by atoms with Crippen LogP contribution in [0.2, 0.25) is 0 Å². The molecule has 0 fully saturated rings. The van der Waals surface area contributed by atoms with Gasteiger partial charge in [-0.3, -0.25) is 4.98 Å². The molecule has 0 N–H and O–H groups in total. The van der Waals surface area contributed by atoms with Crippen molar-refractivity contribution in [3.8, 4) is 5.75 Å². The minimum atomic E-state index is 0.815. The summed E-state index contributed by atoms with van der Waals surface area (Å²) in [5.74, 6) is 0.815. The lowest BCUT2D eigenvalue weighted by atomic mass is 10.3. The van der Waals surface area contributed by atoms with Gasteiger partial charge < -0.3 is 4.74 Å². The Balaban J connectivity index is 2.94. The van der Waals surface area contributed by atoms with E-state index in [1.165, 1.54) is 0 Å². The Hall–Kier alpha value is -1.05. The average molecular weight is 123 g/mol. The molecule has 0 aliphatic carbocycles. The fourth-order valence-electron chi connectivity index (χ4n) is 0.639. The molecule has 1 aromatic rings. The van der Waals surface area contributed by atoms with Crippen LogP contribution < -0.4 is 4.74 Å². The number of nitrogens with zero attached hydrogens (tertiary/aromatic N) is 1. The fourth-order valence-corrected chi connectivity index (χ4v) is 0.639. The quantitative estimate of drug-likeness (QED) is 0.563. The zero-order chi connectivity index (χ0) is 6.69. The number of hydrogen-bond acceptors (Lipinski definition) is 2. The fraction of sp³-hybridized carbons (Fsp3) is 0.286. The molecular formula is C7H9NO. The Morgan fingerprint density at radius 2 is 2.22 bits per heavy atom. The van der Waals surface area contributed by atoms with Crippen LogP contribution in [0.15, 0.2) is 18.5 Å². The highest BCUT2D eigenvalue weighted by Crippen LogP contribution is 2.07. The number of pyridine rings is 1. The predicted molar refractivity (Wildman–Crippen MR) is 35.5 cm³/mol. The van der Waals surface area contributed by atoms with Crippen molar-refractivity contribution in [2.75, 3.05) is 7.11 Å². The minimum Gasteiger partial charge on any atom is -0.495 e. The highest BCUT2D eigenvalue weighted by molar-refractivity contribution is 5.21. The summed E-state index contributed by atoms with van der Waals surface area (Å²) >= 11 is 0. The van der Waals surface area contributed by atoms with Gasteiger partial charge in [-0.25, -0.2) is 0 Å². The van der Waals surface area contributed by atoms with Gasteiger partial charge >= 0.3 is 0 Å². The lowest BCUT2D eigenvalue weighted by Gasteiger charge is -1.97. The van der Waals surface area contributed by atoms with Crippen molar-refractivity contribution in [1.29, 1.82) is 0 Å². The SMILES string of the molecule is COc1cncc(C)c1. The molecule has 0 aliphatic rings. The van der Waals surface area contributed by atoms with Crippen molar-refractivity contribution >= 4 is 0 Å². The second-order valence-corrected chi connectivity index (χ2v) is 1.90. The Kier molecular flexibility index (Phi) is 1.68. The van der Waals surface area contributed by atoms with Crippen molar-refractivity contribution in [2.24, 2.45) is 0 Å². The smallest absolute Gasteiger partial charge is 0.137 e. The summed E-state index contributed by atoms with van der Waals surface area (Å²) < 4.78 is 4.93. The Morgan fingerprint density at radius 1 is 1.44 bits per heavy atom. The molecule has 48 valence electrons. The van der Waals surface area contributed by atoms with E-state index in [-0.39, 0.29) is 0 Å². The largest absolute Gasteiger partial charge is 0.495 e. The van der Waals surface area contributed by atoms with Gasteiger partial charge in [0, 0.05) is 6.20 Å². The number of hydrogen-bond donors (Lipinski definition) is 0. The summed E-state index contributed by atoms with van der Waals surface area (Å²) in [6.45, 7) is 1.98. The molecule has 2 heteroatoms. The number of methoxy groups -OCH3 is 1. The number of aryl methyl sites for hydroxylation is 1. The van der Waals surface area contributed by atoms with E-state index >= 15 is 0 Å². The van der Waals surface area contributed by atoms with Gasteiger partial charge in [0.25, 0.3) is 0 Å². The molecule has 0 saturated heterocycles. The van der Waals surface area contributed by atoms with Crippen LogP contribution in [0.5, 0.6) is 5.75 Å². The minimum absolute atomic E-state index is 0.815. The van der Waals surface area contributed by atoms with Crippen LogP contribution in [-0.2, 0) is 0 Å². The van der Waals surface area contributed by atoms with Crippen LogP contribution in [0.3, 0.4) is 0 Å². The van der Waals surface area contributed by atoms with Crippen molar-refractivity contribution < 1.29 is 4.74 Å². The molecule has 0 amide bonds. The van der Waals surface area contributed by atoms with Crippen LogP contribution >= 0.6 is 0 Å². The molecule has 0 aliphatic heterocycles. The Labute approximate surface area is 54.5 Å². The zero-order valence-corrected chi connectivity index (χ0v) is 5.59. The van der Waals surface area contributed by atoms with E-state index in [1.807, 2.05) is 13.0 Å². The molecule has 2 nitrogen and oxygen atoms in total. The van der Waals surface area contributed by atoms with Gasteiger partial charge in [0.05, 0.1) is 13.3 Å². The Bertz CT molecular complexity index is 198. The zero-order valence-electron chi connectivity index (χ0n) is 5.59. The second kappa shape index (κ2) is 2.49. The van der Waals surface area contributed by atoms with Gasteiger partial charge in [-0.05, 0) is 18.6 Å². The van der Waals surface area contributed by atoms with E-state index in [9.17, 15) is 0 Å². The van der Waals surface area contributed by atoms with E-state index < -0.39 is 0 Å². The summed E-state index contributed by atoms with van der Waals surface area (Å²) in [5.41, 5.74) is 1.12. The third-order valence-corrected chi connectivity index (χ3v) is 1.09. The predicted octanol–water partition coefficient (Wildman–Crippen LogP) is 1.40.